The number of carboxylic acids is 1. The number of alkyl halides is 4. The van der Waals surface area contributed by atoms with Gasteiger partial charge in [0.25, 0.3) is 0 Å². The van der Waals surface area contributed by atoms with Crippen LogP contribution >= 0.6 is 23.2 Å². The number of hydrogen-bond donors (Lipinski definition) is 1. The van der Waals surface area contributed by atoms with Gasteiger partial charge in [0.15, 0.2) is 5.75 Å². The Morgan fingerprint density at radius 3 is 2.33 bits per heavy atom. The Kier molecular flexibility index (Phi) is 7.80. The van der Waals surface area contributed by atoms with E-state index < -0.39 is 34.3 Å². The van der Waals surface area contributed by atoms with E-state index in [0.29, 0.717) is 11.1 Å². The zero-order valence-corrected chi connectivity index (χ0v) is 16.7. The SMILES string of the molecule is CO/C=C(/C(=O)O)c1ccccc1COc1cc(Cl)c(OC(F)(F)C(F)F)c(Cl)c1. The molecule has 0 heterocycles. The van der Waals surface area contributed by atoms with Crippen LogP contribution in [0.25, 0.3) is 5.57 Å². The number of halogens is 6. The fraction of sp³-hybridized carbons (Fsp3) is 0.211. The van der Waals surface area contributed by atoms with Gasteiger partial charge < -0.3 is 19.3 Å². The standard InChI is InChI=1S/C19H14Cl2F4O5/c1-28-9-13(17(26)27)12-5-3-2-4-10(12)8-29-11-6-14(20)16(15(21)7-11)30-19(24,25)18(22)23/h2-7,9,18H,8H2,1H3,(H,26,27)/b13-9+. The second-order valence-corrected chi connectivity index (χ2v) is 6.51. The normalized spacial score (nSPS) is 12.1. The van der Waals surface area contributed by atoms with Crippen LogP contribution in [0.5, 0.6) is 11.5 Å². The molecule has 0 aliphatic heterocycles. The fourth-order valence-corrected chi connectivity index (χ4v) is 2.86. The summed E-state index contributed by atoms with van der Waals surface area (Å²) < 4.78 is 65.2. The van der Waals surface area contributed by atoms with Gasteiger partial charge in [-0.3, -0.25) is 0 Å². The molecule has 0 aromatic heterocycles. The summed E-state index contributed by atoms with van der Waals surface area (Å²) in [7, 11) is 1.30. The van der Waals surface area contributed by atoms with Gasteiger partial charge in [-0.15, -0.1) is 0 Å². The molecule has 162 valence electrons. The zero-order chi connectivity index (χ0) is 22.5. The van der Waals surface area contributed by atoms with Gasteiger partial charge in [-0.1, -0.05) is 47.5 Å². The summed E-state index contributed by atoms with van der Waals surface area (Å²) >= 11 is 11.6. The van der Waals surface area contributed by atoms with E-state index in [1.165, 1.54) is 7.11 Å². The lowest BCUT2D eigenvalue weighted by Gasteiger charge is -2.19. The molecule has 0 unspecified atom stereocenters. The Hall–Kier alpha value is -2.65. The summed E-state index contributed by atoms with van der Waals surface area (Å²) in [6.07, 6.45) is -7.81. The molecule has 2 rings (SSSR count). The van der Waals surface area contributed by atoms with Crippen LogP contribution in [0.15, 0.2) is 42.7 Å². The zero-order valence-electron chi connectivity index (χ0n) is 15.2. The molecule has 0 aliphatic carbocycles. The smallest absolute Gasteiger partial charge is 0.461 e. The minimum Gasteiger partial charge on any atom is -0.503 e. The highest BCUT2D eigenvalue weighted by Crippen LogP contribution is 2.41. The van der Waals surface area contributed by atoms with Gasteiger partial charge in [0, 0.05) is 12.1 Å². The maximum Gasteiger partial charge on any atom is 0.461 e. The average Bonchev–Trinajstić information content (AvgIpc) is 2.67. The lowest BCUT2D eigenvalue weighted by Crippen LogP contribution is -2.33. The third-order valence-corrected chi connectivity index (χ3v) is 4.19. The van der Waals surface area contributed by atoms with E-state index in [0.717, 1.165) is 18.4 Å². The highest BCUT2D eigenvalue weighted by atomic mass is 35.5. The number of ether oxygens (including phenoxy) is 3. The van der Waals surface area contributed by atoms with Gasteiger partial charge >= 0.3 is 18.5 Å². The molecule has 0 atom stereocenters. The predicted molar refractivity (Wildman–Crippen MR) is 101 cm³/mol. The summed E-state index contributed by atoms with van der Waals surface area (Å²) in [5, 5.41) is 8.40. The van der Waals surface area contributed by atoms with Gasteiger partial charge in [-0.2, -0.15) is 17.6 Å². The van der Waals surface area contributed by atoms with E-state index in [2.05, 4.69) is 4.74 Å². The molecule has 0 saturated heterocycles. The van der Waals surface area contributed by atoms with Gasteiger partial charge in [0.1, 0.15) is 17.9 Å². The monoisotopic (exact) mass is 468 g/mol. The van der Waals surface area contributed by atoms with Crippen molar-refractivity contribution < 1.29 is 41.7 Å². The molecule has 0 fully saturated rings. The molecule has 0 bridgehead atoms. The fourth-order valence-electron chi connectivity index (χ4n) is 2.32. The van der Waals surface area contributed by atoms with Gasteiger partial charge in [-0.25, -0.2) is 4.79 Å². The number of carboxylic acid groups (broad SMARTS) is 1. The van der Waals surface area contributed by atoms with Gasteiger partial charge in [-0.05, 0) is 11.1 Å². The van der Waals surface area contributed by atoms with Crippen molar-refractivity contribution in [1.82, 2.24) is 0 Å². The molecule has 0 aliphatic rings. The van der Waals surface area contributed by atoms with E-state index in [1.807, 2.05) is 0 Å². The van der Waals surface area contributed by atoms with Crippen LogP contribution in [0.3, 0.4) is 0 Å². The summed E-state index contributed by atoms with van der Waals surface area (Å²) in [4.78, 5) is 11.5. The topological polar surface area (TPSA) is 65.0 Å². The molecule has 11 heteroatoms. The van der Waals surface area contributed by atoms with Crippen molar-refractivity contribution >= 4 is 34.7 Å². The van der Waals surface area contributed by atoms with Crippen LogP contribution < -0.4 is 9.47 Å². The molecule has 2 aromatic carbocycles. The van der Waals surface area contributed by atoms with Crippen molar-refractivity contribution in [2.45, 2.75) is 19.1 Å². The molecule has 30 heavy (non-hydrogen) atoms. The second-order valence-electron chi connectivity index (χ2n) is 5.70. The summed E-state index contributed by atoms with van der Waals surface area (Å²) in [5.41, 5.74) is 0.659. The molecular formula is C19H14Cl2F4O5. The number of hydrogen-bond acceptors (Lipinski definition) is 4. The minimum absolute atomic E-state index is 0.0140. The van der Waals surface area contributed by atoms with Crippen molar-refractivity contribution in [3.63, 3.8) is 0 Å². The van der Waals surface area contributed by atoms with Crippen LogP contribution in [0.1, 0.15) is 11.1 Å². The quantitative estimate of drug-likeness (QED) is 0.282. The van der Waals surface area contributed by atoms with Crippen molar-refractivity contribution in [1.29, 1.82) is 0 Å². The molecule has 0 spiro atoms. The lowest BCUT2D eigenvalue weighted by molar-refractivity contribution is -0.253. The Morgan fingerprint density at radius 2 is 1.80 bits per heavy atom. The van der Waals surface area contributed by atoms with Gasteiger partial charge in [0.2, 0.25) is 0 Å². The average molecular weight is 469 g/mol. The number of carbonyl (C=O) groups is 1. The molecule has 2 aromatic rings. The number of rotatable bonds is 9. The Labute approximate surface area is 178 Å². The second kappa shape index (κ2) is 9.90. The van der Waals surface area contributed by atoms with Crippen LogP contribution in [-0.4, -0.2) is 30.7 Å². The van der Waals surface area contributed by atoms with Crippen LogP contribution in [0.2, 0.25) is 10.0 Å². The summed E-state index contributed by atoms with van der Waals surface area (Å²) in [6.45, 7) is -0.148. The van der Waals surface area contributed by atoms with Crippen LogP contribution in [-0.2, 0) is 16.1 Å². The highest BCUT2D eigenvalue weighted by Gasteiger charge is 2.45. The molecule has 0 radical (unpaired) electrons. The number of methoxy groups -OCH3 is 1. The van der Waals surface area contributed by atoms with E-state index in [4.69, 9.17) is 32.7 Å². The molecule has 0 amide bonds. The highest BCUT2D eigenvalue weighted by molar-refractivity contribution is 6.37. The van der Waals surface area contributed by atoms with E-state index in [9.17, 15) is 27.5 Å². The molecular weight excluding hydrogens is 455 g/mol. The Bertz CT molecular complexity index is 927. The summed E-state index contributed by atoms with van der Waals surface area (Å²) in [6, 6.07) is 8.52. The number of aliphatic carboxylic acids is 1. The summed E-state index contributed by atoms with van der Waals surface area (Å²) in [5.74, 6) is -2.04. The maximum atomic E-state index is 13.1. The third kappa shape index (κ3) is 5.70. The van der Waals surface area contributed by atoms with Crippen LogP contribution in [0.4, 0.5) is 17.6 Å². The Balaban J connectivity index is 2.26. The van der Waals surface area contributed by atoms with E-state index >= 15 is 0 Å². The molecule has 0 saturated carbocycles. The van der Waals surface area contributed by atoms with Crippen molar-refractivity contribution in [3.8, 4) is 11.5 Å². The Morgan fingerprint density at radius 1 is 1.20 bits per heavy atom. The van der Waals surface area contributed by atoms with Crippen molar-refractivity contribution in [2.75, 3.05) is 7.11 Å². The van der Waals surface area contributed by atoms with E-state index in [1.54, 1.807) is 24.3 Å². The van der Waals surface area contributed by atoms with Gasteiger partial charge in [0.05, 0.1) is 23.4 Å². The maximum absolute atomic E-state index is 13.1. The van der Waals surface area contributed by atoms with Crippen molar-refractivity contribution in [3.05, 3.63) is 63.8 Å². The first-order valence-electron chi connectivity index (χ1n) is 8.08. The predicted octanol–water partition coefficient (Wildman–Crippen LogP) is 5.88. The third-order valence-electron chi connectivity index (χ3n) is 3.63. The number of benzene rings is 2. The largest absolute Gasteiger partial charge is 0.503 e. The first-order valence-corrected chi connectivity index (χ1v) is 8.83. The molecule has 1 N–H and O–H groups in total. The first-order chi connectivity index (χ1) is 14.1. The first kappa shape index (κ1) is 23.6. The minimum atomic E-state index is -4.78. The molecule has 5 nitrogen and oxygen atoms in total. The lowest BCUT2D eigenvalue weighted by atomic mass is 10.0. The van der Waals surface area contributed by atoms with E-state index in [-0.39, 0.29) is 17.9 Å². The van der Waals surface area contributed by atoms with Crippen LogP contribution in [0, 0.1) is 0 Å². The van der Waals surface area contributed by atoms with Crippen molar-refractivity contribution in [2.24, 2.45) is 0 Å².